The first-order chi connectivity index (χ1) is 12.6. The molecule has 5 nitrogen and oxygen atoms in total. The average Bonchev–Trinajstić information content (AvgIpc) is 3.28. The molecule has 5 heteroatoms. The Bertz CT molecular complexity index is 1050. The van der Waals surface area contributed by atoms with Crippen LogP contribution in [0.15, 0.2) is 71.3 Å². The maximum absolute atomic E-state index is 11.4. The molecule has 0 bridgehead atoms. The fourth-order valence-electron chi connectivity index (χ4n) is 3.44. The van der Waals surface area contributed by atoms with E-state index in [0.29, 0.717) is 5.76 Å². The summed E-state index contributed by atoms with van der Waals surface area (Å²) in [5, 5.41) is 12.4. The van der Waals surface area contributed by atoms with Gasteiger partial charge in [-0.25, -0.2) is 0 Å². The minimum absolute atomic E-state index is 0.228. The summed E-state index contributed by atoms with van der Waals surface area (Å²) in [6.45, 7) is 1.81. The molecule has 2 heterocycles. The van der Waals surface area contributed by atoms with Crippen LogP contribution in [0, 0.1) is 17.0 Å². The number of furan rings is 1. The van der Waals surface area contributed by atoms with Crippen molar-refractivity contribution < 1.29 is 9.34 Å². The Labute approximate surface area is 150 Å². The van der Waals surface area contributed by atoms with Gasteiger partial charge in [-0.1, -0.05) is 48.0 Å². The number of aromatic nitrogens is 1. The summed E-state index contributed by atoms with van der Waals surface area (Å²) >= 11 is 0. The summed E-state index contributed by atoms with van der Waals surface area (Å²) in [4.78, 5) is 14.5. The highest BCUT2D eigenvalue weighted by molar-refractivity contribution is 5.91. The van der Waals surface area contributed by atoms with Crippen molar-refractivity contribution in [1.29, 1.82) is 0 Å². The molecule has 0 saturated heterocycles. The van der Waals surface area contributed by atoms with Crippen molar-refractivity contribution in [2.75, 3.05) is 6.54 Å². The molecule has 1 N–H and O–H groups in total. The number of aromatic amines is 1. The monoisotopic (exact) mass is 346 g/mol. The smallest absolute Gasteiger partial charge is 0.217 e. The first kappa shape index (κ1) is 16.1. The third-order valence-corrected chi connectivity index (χ3v) is 4.65. The second-order valence-corrected chi connectivity index (χ2v) is 6.41. The van der Waals surface area contributed by atoms with Gasteiger partial charge in [-0.2, -0.15) is 0 Å². The zero-order valence-electron chi connectivity index (χ0n) is 14.3. The number of hydrogen-bond donors (Lipinski definition) is 1. The number of benzene rings is 2. The fourth-order valence-corrected chi connectivity index (χ4v) is 3.44. The Morgan fingerprint density at radius 1 is 1.08 bits per heavy atom. The quantitative estimate of drug-likeness (QED) is 0.401. The van der Waals surface area contributed by atoms with E-state index >= 15 is 0 Å². The van der Waals surface area contributed by atoms with E-state index in [1.807, 2.05) is 55.5 Å². The first-order valence-electron chi connectivity index (χ1n) is 8.46. The lowest BCUT2D eigenvalue weighted by atomic mass is 9.91. The molecule has 0 aliphatic carbocycles. The number of nitrogens with zero attached hydrogens (tertiary/aromatic N) is 1. The van der Waals surface area contributed by atoms with Crippen molar-refractivity contribution in [3.05, 3.63) is 93.9 Å². The molecule has 130 valence electrons. The zero-order valence-corrected chi connectivity index (χ0v) is 14.3. The molecule has 0 spiro atoms. The Balaban J connectivity index is 1.98. The largest absolute Gasteiger partial charge is 0.468 e. The topological polar surface area (TPSA) is 72.1 Å². The molecule has 4 rings (SSSR count). The molecule has 2 aromatic heterocycles. The minimum atomic E-state index is -0.465. The predicted molar refractivity (Wildman–Crippen MR) is 101 cm³/mol. The van der Waals surface area contributed by atoms with Crippen molar-refractivity contribution in [2.24, 2.45) is 0 Å². The van der Waals surface area contributed by atoms with Gasteiger partial charge in [-0.15, -0.1) is 0 Å². The number of fused-ring (bicyclic) bond motifs is 1. The molecule has 0 aliphatic heterocycles. The average molecular weight is 346 g/mol. The van der Waals surface area contributed by atoms with E-state index in [0.717, 1.165) is 27.7 Å². The summed E-state index contributed by atoms with van der Waals surface area (Å²) in [7, 11) is 0. The summed E-state index contributed by atoms with van der Waals surface area (Å²) in [5.74, 6) is 0.132. The number of H-pyrrole nitrogens is 1. The van der Waals surface area contributed by atoms with E-state index < -0.39 is 5.92 Å². The number of para-hydroxylation sites is 1. The van der Waals surface area contributed by atoms with Crippen LogP contribution < -0.4 is 0 Å². The van der Waals surface area contributed by atoms with Gasteiger partial charge in [0.15, 0.2) is 0 Å². The molecule has 0 unspecified atom stereocenters. The van der Waals surface area contributed by atoms with Crippen LogP contribution >= 0.6 is 0 Å². The molecule has 0 saturated carbocycles. The third kappa shape index (κ3) is 2.88. The van der Waals surface area contributed by atoms with E-state index in [4.69, 9.17) is 4.42 Å². The molecule has 0 fully saturated rings. The van der Waals surface area contributed by atoms with Gasteiger partial charge in [0.1, 0.15) is 11.7 Å². The summed E-state index contributed by atoms with van der Waals surface area (Å²) < 4.78 is 5.56. The van der Waals surface area contributed by atoms with Crippen molar-refractivity contribution in [1.82, 2.24) is 4.98 Å². The van der Waals surface area contributed by atoms with Crippen molar-refractivity contribution in [3.63, 3.8) is 0 Å². The van der Waals surface area contributed by atoms with Gasteiger partial charge in [0.05, 0.1) is 12.0 Å². The van der Waals surface area contributed by atoms with Crippen molar-refractivity contribution in [3.8, 4) is 11.3 Å². The second kappa shape index (κ2) is 6.52. The van der Waals surface area contributed by atoms with Crippen molar-refractivity contribution >= 4 is 10.9 Å². The van der Waals surface area contributed by atoms with Gasteiger partial charge in [0, 0.05) is 21.4 Å². The number of hydrogen-bond acceptors (Lipinski definition) is 3. The SMILES string of the molecule is Cc1ccc(-c2[nH]c3ccccc3c2[C@H](C[N+](=O)[O-])c2ccco2)cc1. The van der Waals surface area contributed by atoms with Crippen molar-refractivity contribution in [2.45, 2.75) is 12.8 Å². The number of aryl methyl sites for hydroxylation is 1. The maximum Gasteiger partial charge on any atom is 0.217 e. The first-order valence-corrected chi connectivity index (χ1v) is 8.46. The van der Waals surface area contributed by atoms with Crippen LogP contribution in [0.4, 0.5) is 0 Å². The Morgan fingerprint density at radius 3 is 2.54 bits per heavy atom. The summed E-state index contributed by atoms with van der Waals surface area (Å²) in [5.41, 5.74) is 4.92. The Morgan fingerprint density at radius 2 is 1.85 bits per heavy atom. The van der Waals surface area contributed by atoms with E-state index in [1.54, 1.807) is 18.4 Å². The van der Waals surface area contributed by atoms with Gasteiger partial charge in [0.2, 0.25) is 6.54 Å². The van der Waals surface area contributed by atoms with Gasteiger partial charge >= 0.3 is 0 Å². The molecule has 0 amide bonds. The highest BCUT2D eigenvalue weighted by Gasteiger charge is 2.29. The van der Waals surface area contributed by atoms with Crippen LogP contribution in [0.2, 0.25) is 0 Å². The number of nitro groups is 1. The zero-order chi connectivity index (χ0) is 18.1. The standard InChI is InChI=1S/C21H18N2O3/c1-14-8-10-15(11-9-14)21-20(16-5-2-3-6-18(16)22-21)17(13-23(24)25)19-7-4-12-26-19/h2-12,17,22H,13H2,1H3/t17-/m1/s1. The second-order valence-electron chi connectivity index (χ2n) is 6.41. The highest BCUT2D eigenvalue weighted by Crippen LogP contribution is 2.39. The number of nitrogens with one attached hydrogen (secondary N) is 1. The van der Waals surface area contributed by atoms with E-state index in [1.165, 1.54) is 5.56 Å². The van der Waals surface area contributed by atoms with Crippen LogP contribution in [0.5, 0.6) is 0 Å². The minimum Gasteiger partial charge on any atom is -0.468 e. The van der Waals surface area contributed by atoms with E-state index in [-0.39, 0.29) is 11.5 Å². The van der Waals surface area contributed by atoms with Gasteiger partial charge in [0.25, 0.3) is 0 Å². The molecule has 0 aliphatic rings. The Kier molecular flexibility index (Phi) is 4.05. The number of rotatable bonds is 5. The van der Waals surface area contributed by atoms with Crippen LogP contribution in [-0.4, -0.2) is 16.5 Å². The molecular formula is C21H18N2O3. The lowest BCUT2D eigenvalue weighted by Gasteiger charge is -2.13. The van der Waals surface area contributed by atoms with Gasteiger partial charge in [-0.3, -0.25) is 10.1 Å². The van der Waals surface area contributed by atoms with E-state index in [9.17, 15) is 10.1 Å². The molecule has 26 heavy (non-hydrogen) atoms. The van der Waals surface area contributed by atoms with Crippen LogP contribution in [0.25, 0.3) is 22.2 Å². The van der Waals surface area contributed by atoms with E-state index in [2.05, 4.69) is 4.98 Å². The lowest BCUT2D eigenvalue weighted by molar-refractivity contribution is -0.482. The van der Waals surface area contributed by atoms with Crippen LogP contribution in [-0.2, 0) is 0 Å². The maximum atomic E-state index is 11.4. The van der Waals surface area contributed by atoms with Gasteiger partial charge in [-0.05, 0) is 30.7 Å². The molecular weight excluding hydrogens is 328 g/mol. The highest BCUT2D eigenvalue weighted by atomic mass is 16.6. The predicted octanol–water partition coefficient (Wildman–Crippen LogP) is 5.14. The Hall–Kier alpha value is -3.34. The van der Waals surface area contributed by atoms with Crippen LogP contribution in [0.1, 0.15) is 22.8 Å². The van der Waals surface area contributed by atoms with Gasteiger partial charge < -0.3 is 9.40 Å². The normalized spacial score (nSPS) is 12.3. The molecule has 0 radical (unpaired) electrons. The lowest BCUT2D eigenvalue weighted by Crippen LogP contribution is -2.14. The third-order valence-electron chi connectivity index (χ3n) is 4.65. The molecule has 1 atom stereocenters. The fraction of sp³-hybridized carbons (Fsp3) is 0.143. The van der Waals surface area contributed by atoms with Crippen LogP contribution in [0.3, 0.4) is 0 Å². The molecule has 2 aromatic carbocycles. The molecule has 4 aromatic rings. The summed E-state index contributed by atoms with van der Waals surface area (Å²) in [6.07, 6.45) is 1.56. The summed E-state index contributed by atoms with van der Waals surface area (Å²) in [6, 6.07) is 19.6.